The van der Waals surface area contributed by atoms with Gasteiger partial charge in [0.05, 0.1) is 25.5 Å². The van der Waals surface area contributed by atoms with Crippen molar-refractivity contribution in [1.29, 1.82) is 0 Å². The van der Waals surface area contributed by atoms with Crippen LogP contribution in [-0.4, -0.2) is 24.2 Å². The lowest BCUT2D eigenvalue weighted by Gasteiger charge is -2.12. The first-order chi connectivity index (χ1) is 9.74. The zero-order valence-electron chi connectivity index (χ0n) is 11.2. The number of H-pyrrole nitrogens is 1. The molecular formula is C14H14N2O3S. The second-order valence-electron chi connectivity index (χ2n) is 4.37. The summed E-state index contributed by atoms with van der Waals surface area (Å²) in [6.07, 6.45) is 0. The molecule has 1 aliphatic rings. The molecule has 0 aliphatic carbocycles. The maximum atomic E-state index is 12.1. The fraction of sp³-hybridized carbons (Fsp3) is 0.286. The highest BCUT2D eigenvalue weighted by molar-refractivity contribution is 7.98. The van der Waals surface area contributed by atoms with Crippen molar-refractivity contribution in [2.75, 3.05) is 14.2 Å². The smallest absolute Gasteiger partial charge is 0.255 e. The number of methoxy groups -OCH3 is 2. The minimum atomic E-state index is -0.0696. The van der Waals surface area contributed by atoms with Gasteiger partial charge in [-0.2, -0.15) is 11.8 Å². The van der Waals surface area contributed by atoms with Crippen molar-refractivity contribution in [1.82, 2.24) is 9.97 Å². The number of benzene rings is 1. The normalized spacial score (nSPS) is 13.1. The van der Waals surface area contributed by atoms with Gasteiger partial charge >= 0.3 is 0 Å². The first kappa shape index (κ1) is 13.1. The molecule has 1 aliphatic heterocycles. The van der Waals surface area contributed by atoms with Gasteiger partial charge in [0.2, 0.25) is 0 Å². The molecule has 5 nitrogen and oxygen atoms in total. The van der Waals surface area contributed by atoms with E-state index in [0.29, 0.717) is 17.3 Å². The van der Waals surface area contributed by atoms with E-state index in [1.807, 2.05) is 18.2 Å². The molecule has 0 atom stereocenters. The fourth-order valence-corrected chi connectivity index (χ4v) is 3.30. The van der Waals surface area contributed by atoms with Gasteiger partial charge in [-0.1, -0.05) is 6.07 Å². The number of nitrogens with zero attached hydrogens (tertiary/aromatic N) is 1. The second-order valence-corrected chi connectivity index (χ2v) is 5.36. The highest BCUT2D eigenvalue weighted by Crippen LogP contribution is 2.36. The second kappa shape index (κ2) is 5.20. The van der Waals surface area contributed by atoms with E-state index in [4.69, 9.17) is 9.47 Å². The summed E-state index contributed by atoms with van der Waals surface area (Å²) in [7, 11) is 3.15. The average molecular weight is 290 g/mol. The molecule has 0 fully saturated rings. The van der Waals surface area contributed by atoms with Crippen LogP contribution in [0, 0.1) is 0 Å². The Labute approximate surface area is 120 Å². The number of para-hydroxylation sites is 1. The van der Waals surface area contributed by atoms with Crippen LogP contribution in [0.3, 0.4) is 0 Å². The maximum absolute atomic E-state index is 12.1. The molecule has 0 radical (unpaired) electrons. The summed E-state index contributed by atoms with van der Waals surface area (Å²) in [5, 5.41) is 0. The van der Waals surface area contributed by atoms with Crippen LogP contribution in [0.2, 0.25) is 0 Å². The summed E-state index contributed by atoms with van der Waals surface area (Å²) < 4.78 is 10.7. The minimum absolute atomic E-state index is 0.0696. The van der Waals surface area contributed by atoms with Crippen molar-refractivity contribution in [3.05, 3.63) is 39.8 Å². The van der Waals surface area contributed by atoms with Crippen molar-refractivity contribution in [3.8, 4) is 22.9 Å². The summed E-state index contributed by atoms with van der Waals surface area (Å²) in [6.45, 7) is 0. The number of aromatic nitrogens is 2. The van der Waals surface area contributed by atoms with Gasteiger partial charge in [0.25, 0.3) is 5.56 Å². The molecule has 0 saturated heterocycles. The van der Waals surface area contributed by atoms with E-state index in [2.05, 4.69) is 9.97 Å². The van der Waals surface area contributed by atoms with Gasteiger partial charge in [0.15, 0.2) is 11.5 Å². The van der Waals surface area contributed by atoms with Gasteiger partial charge in [-0.15, -0.1) is 0 Å². The zero-order chi connectivity index (χ0) is 14.1. The molecule has 1 aromatic heterocycles. The lowest BCUT2D eigenvalue weighted by Crippen LogP contribution is -2.15. The molecule has 0 bridgehead atoms. The van der Waals surface area contributed by atoms with Crippen LogP contribution in [0.5, 0.6) is 11.5 Å². The number of hydrogen-bond donors (Lipinski definition) is 1. The third kappa shape index (κ3) is 2.06. The molecule has 0 saturated carbocycles. The van der Waals surface area contributed by atoms with E-state index in [1.165, 1.54) is 0 Å². The Balaban J connectivity index is 2.19. The van der Waals surface area contributed by atoms with E-state index in [9.17, 15) is 4.79 Å². The Morgan fingerprint density at radius 2 is 2.10 bits per heavy atom. The highest BCUT2D eigenvalue weighted by atomic mass is 32.2. The van der Waals surface area contributed by atoms with Crippen molar-refractivity contribution in [2.45, 2.75) is 11.5 Å². The maximum Gasteiger partial charge on any atom is 0.255 e. The number of aromatic amines is 1. The summed E-state index contributed by atoms with van der Waals surface area (Å²) in [4.78, 5) is 19.5. The van der Waals surface area contributed by atoms with Crippen molar-refractivity contribution >= 4 is 11.8 Å². The van der Waals surface area contributed by atoms with Gasteiger partial charge in [0, 0.05) is 17.1 Å². The molecule has 3 rings (SSSR count). The zero-order valence-corrected chi connectivity index (χ0v) is 12.0. The summed E-state index contributed by atoms with van der Waals surface area (Å²) in [6, 6.07) is 5.51. The molecule has 0 amide bonds. The molecule has 20 heavy (non-hydrogen) atoms. The first-order valence-corrected chi connectivity index (χ1v) is 7.31. The highest BCUT2D eigenvalue weighted by Gasteiger charge is 2.20. The standard InChI is InChI=1S/C14H14N2O3S/c1-18-11-5-3-4-8(12(11)19-2)13-15-10-7-20-6-9(10)14(17)16-13/h3-5H,6-7H2,1-2H3,(H,15,16,17). The van der Waals surface area contributed by atoms with Gasteiger partial charge in [-0.05, 0) is 12.1 Å². The number of ether oxygens (including phenoxy) is 2. The Kier molecular flexibility index (Phi) is 3.40. The lowest BCUT2D eigenvalue weighted by atomic mass is 10.1. The van der Waals surface area contributed by atoms with Gasteiger partial charge in [-0.3, -0.25) is 4.79 Å². The van der Waals surface area contributed by atoms with Crippen LogP contribution in [0.15, 0.2) is 23.0 Å². The molecule has 0 spiro atoms. The monoisotopic (exact) mass is 290 g/mol. The molecule has 104 valence electrons. The Bertz CT molecular complexity index is 712. The van der Waals surface area contributed by atoms with Crippen molar-refractivity contribution in [2.24, 2.45) is 0 Å². The average Bonchev–Trinajstić information content (AvgIpc) is 2.95. The molecule has 0 unspecified atom stereocenters. The number of fused-ring (bicyclic) bond motifs is 1. The third-order valence-electron chi connectivity index (χ3n) is 3.24. The number of rotatable bonds is 3. The third-order valence-corrected chi connectivity index (χ3v) is 4.21. The van der Waals surface area contributed by atoms with E-state index < -0.39 is 0 Å². The number of hydrogen-bond acceptors (Lipinski definition) is 5. The predicted molar refractivity (Wildman–Crippen MR) is 78.4 cm³/mol. The lowest BCUT2D eigenvalue weighted by molar-refractivity contribution is 0.356. The molecule has 1 N–H and O–H groups in total. The summed E-state index contributed by atoms with van der Waals surface area (Å²) in [5.74, 6) is 3.21. The van der Waals surface area contributed by atoms with E-state index in [-0.39, 0.29) is 5.56 Å². The van der Waals surface area contributed by atoms with Gasteiger partial charge in [0.1, 0.15) is 5.82 Å². The molecule has 2 heterocycles. The molecule has 2 aromatic rings. The van der Waals surface area contributed by atoms with Crippen LogP contribution in [0.1, 0.15) is 11.3 Å². The Hall–Kier alpha value is -1.95. The Morgan fingerprint density at radius 1 is 1.25 bits per heavy atom. The number of thioether (sulfide) groups is 1. The van der Waals surface area contributed by atoms with E-state index in [0.717, 1.165) is 28.3 Å². The SMILES string of the molecule is COc1cccc(-c2nc3c(c(=O)[nH]2)CSC3)c1OC. The van der Waals surface area contributed by atoms with Crippen LogP contribution >= 0.6 is 11.8 Å². The summed E-state index contributed by atoms with van der Waals surface area (Å²) in [5.41, 5.74) is 2.29. The van der Waals surface area contributed by atoms with Crippen molar-refractivity contribution in [3.63, 3.8) is 0 Å². The van der Waals surface area contributed by atoms with Crippen LogP contribution in [0.25, 0.3) is 11.4 Å². The van der Waals surface area contributed by atoms with E-state index >= 15 is 0 Å². The topological polar surface area (TPSA) is 64.2 Å². The van der Waals surface area contributed by atoms with Crippen LogP contribution in [0.4, 0.5) is 0 Å². The summed E-state index contributed by atoms with van der Waals surface area (Å²) >= 11 is 1.70. The number of nitrogens with one attached hydrogen (secondary N) is 1. The molecule has 1 aromatic carbocycles. The largest absolute Gasteiger partial charge is 0.493 e. The van der Waals surface area contributed by atoms with Crippen LogP contribution in [-0.2, 0) is 11.5 Å². The predicted octanol–water partition coefficient (Wildman–Crippen LogP) is 2.20. The van der Waals surface area contributed by atoms with Gasteiger partial charge in [-0.25, -0.2) is 4.98 Å². The fourth-order valence-electron chi connectivity index (χ4n) is 2.26. The quantitative estimate of drug-likeness (QED) is 0.939. The first-order valence-electron chi connectivity index (χ1n) is 6.15. The minimum Gasteiger partial charge on any atom is -0.493 e. The van der Waals surface area contributed by atoms with Gasteiger partial charge < -0.3 is 14.5 Å². The van der Waals surface area contributed by atoms with E-state index in [1.54, 1.807) is 26.0 Å². The molecule has 6 heteroatoms. The van der Waals surface area contributed by atoms with Crippen LogP contribution < -0.4 is 15.0 Å². The van der Waals surface area contributed by atoms with Crippen molar-refractivity contribution < 1.29 is 9.47 Å². The Morgan fingerprint density at radius 3 is 2.85 bits per heavy atom. The molecular weight excluding hydrogens is 276 g/mol.